The molecule has 0 aliphatic heterocycles. The molecule has 1 aliphatic carbocycles. The highest BCUT2D eigenvalue weighted by molar-refractivity contribution is 9.10. The second-order valence-corrected chi connectivity index (χ2v) is 5.81. The van der Waals surface area contributed by atoms with Crippen molar-refractivity contribution in [3.8, 4) is 11.4 Å². The number of benzene rings is 1. The van der Waals surface area contributed by atoms with Crippen LogP contribution in [0.2, 0.25) is 10.3 Å². The van der Waals surface area contributed by atoms with E-state index in [2.05, 4.69) is 32.0 Å². The summed E-state index contributed by atoms with van der Waals surface area (Å²) in [6.45, 7) is 0. The van der Waals surface area contributed by atoms with Crippen molar-refractivity contribution in [3.05, 3.63) is 44.6 Å². The van der Waals surface area contributed by atoms with Crippen molar-refractivity contribution in [2.45, 2.75) is 18.8 Å². The molecule has 0 N–H and O–H groups in total. The number of nitrogens with zero attached hydrogens (tertiary/aromatic N) is 2. The Labute approximate surface area is 123 Å². The smallest absolute Gasteiger partial charge is 0.162 e. The second-order valence-electron chi connectivity index (χ2n) is 4.30. The van der Waals surface area contributed by atoms with Crippen LogP contribution >= 0.6 is 39.1 Å². The van der Waals surface area contributed by atoms with E-state index in [4.69, 9.17) is 23.2 Å². The molecule has 0 radical (unpaired) electrons. The van der Waals surface area contributed by atoms with Crippen LogP contribution < -0.4 is 0 Å². The Morgan fingerprint density at radius 3 is 2.28 bits per heavy atom. The number of hydrogen-bond acceptors (Lipinski definition) is 2. The van der Waals surface area contributed by atoms with Gasteiger partial charge in [0.15, 0.2) is 5.82 Å². The lowest BCUT2D eigenvalue weighted by molar-refractivity contribution is 1.10. The average Bonchev–Trinajstić information content (AvgIpc) is 3.19. The quantitative estimate of drug-likeness (QED) is 0.709. The van der Waals surface area contributed by atoms with Crippen LogP contribution in [-0.4, -0.2) is 9.97 Å². The third-order valence-corrected chi connectivity index (χ3v) is 4.74. The molecule has 0 amide bonds. The number of halogens is 3. The van der Waals surface area contributed by atoms with Crippen LogP contribution in [0.1, 0.15) is 24.3 Å². The molecule has 18 heavy (non-hydrogen) atoms. The summed E-state index contributed by atoms with van der Waals surface area (Å²) in [5, 5.41) is 0.686. The number of rotatable bonds is 2. The summed E-state index contributed by atoms with van der Waals surface area (Å²) in [7, 11) is 0. The van der Waals surface area contributed by atoms with Gasteiger partial charge in [0.05, 0.1) is 4.47 Å². The molecule has 0 atom stereocenters. The normalized spacial score (nSPS) is 14.8. The Morgan fingerprint density at radius 2 is 1.67 bits per heavy atom. The molecular formula is C13H9BrCl2N2. The van der Waals surface area contributed by atoms with Crippen molar-refractivity contribution in [1.29, 1.82) is 0 Å². The molecule has 2 aromatic rings. The lowest BCUT2D eigenvalue weighted by atomic mass is 10.0. The van der Waals surface area contributed by atoms with Crippen molar-refractivity contribution in [1.82, 2.24) is 9.97 Å². The van der Waals surface area contributed by atoms with Crippen molar-refractivity contribution < 1.29 is 0 Å². The Bertz CT molecular complexity index is 589. The van der Waals surface area contributed by atoms with E-state index >= 15 is 0 Å². The first-order chi connectivity index (χ1) is 8.66. The molecule has 1 heterocycles. The van der Waals surface area contributed by atoms with Gasteiger partial charge in [-0.05, 0) is 40.3 Å². The molecule has 0 bridgehead atoms. The van der Waals surface area contributed by atoms with Crippen molar-refractivity contribution >= 4 is 39.1 Å². The zero-order chi connectivity index (χ0) is 12.7. The van der Waals surface area contributed by atoms with Gasteiger partial charge in [-0.15, -0.1) is 0 Å². The summed E-state index contributed by atoms with van der Waals surface area (Å²) >= 11 is 15.3. The zero-order valence-corrected chi connectivity index (χ0v) is 12.4. The molecule has 1 aromatic heterocycles. The highest BCUT2D eigenvalue weighted by Gasteiger charge is 2.27. The lowest BCUT2D eigenvalue weighted by Gasteiger charge is -2.08. The predicted molar refractivity (Wildman–Crippen MR) is 77.2 cm³/mol. The van der Waals surface area contributed by atoms with Gasteiger partial charge in [-0.2, -0.15) is 0 Å². The van der Waals surface area contributed by atoms with Gasteiger partial charge in [0.1, 0.15) is 10.3 Å². The average molecular weight is 344 g/mol. The standard InChI is InChI=1S/C13H9BrCl2N2/c14-10-11(15)17-13(18-12(10)16)9-4-2-1-3-8(9)7-5-6-7/h1-4,7H,5-6H2. The Morgan fingerprint density at radius 1 is 1.06 bits per heavy atom. The third kappa shape index (κ3) is 2.27. The highest BCUT2D eigenvalue weighted by atomic mass is 79.9. The number of aromatic nitrogens is 2. The first kappa shape index (κ1) is 12.4. The van der Waals surface area contributed by atoms with Gasteiger partial charge in [-0.25, -0.2) is 9.97 Å². The van der Waals surface area contributed by atoms with E-state index in [-0.39, 0.29) is 0 Å². The van der Waals surface area contributed by atoms with Crippen LogP contribution in [0, 0.1) is 0 Å². The van der Waals surface area contributed by atoms with Gasteiger partial charge >= 0.3 is 0 Å². The molecule has 92 valence electrons. The van der Waals surface area contributed by atoms with Crippen LogP contribution in [0.4, 0.5) is 0 Å². The number of hydrogen-bond donors (Lipinski definition) is 0. The van der Waals surface area contributed by atoms with Gasteiger partial charge in [0.2, 0.25) is 0 Å². The summed E-state index contributed by atoms with van der Waals surface area (Å²) in [5.41, 5.74) is 2.31. The fourth-order valence-corrected chi connectivity index (χ4v) is 2.53. The molecule has 1 aromatic carbocycles. The van der Waals surface area contributed by atoms with Crippen LogP contribution in [-0.2, 0) is 0 Å². The largest absolute Gasteiger partial charge is 0.215 e. The molecule has 1 aliphatic rings. The summed E-state index contributed by atoms with van der Waals surface area (Å²) in [6, 6.07) is 8.16. The Kier molecular flexibility index (Phi) is 3.31. The minimum atomic E-state index is 0.343. The molecule has 3 rings (SSSR count). The van der Waals surface area contributed by atoms with Crippen LogP contribution in [0.3, 0.4) is 0 Å². The first-order valence-corrected chi connectivity index (χ1v) is 7.19. The minimum Gasteiger partial charge on any atom is -0.215 e. The SMILES string of the molecule is Clc1nc(-c2ccccc2C2CC2)nc(Cl)c1Br. The van der Waals surface area contributed by atoms with E-state index in [1.54, 1.807) is 0 Å². The van der Waals surface area contributed by atoms with E-state index < -0.39 is 0 Å². The molecule has 1 fully saturated rings. The van der Waals surface area contributed by atoms with Gasteiger partial charge in [-0.1, -0.05) is 47.5 Å². The Balaban J connectivity index is 2.15. The van der Waals surface area contributed by atoms with E-state index in [0.29, 0.717) is 26.5 Å². The van der Waals surface area contributed by atoms with E-state index in [0.717, 1.165) is 5.56 Å². The highest BCUT2D eigenvalue weighted by Crippen LogP contribution is 2.44. The minimum absolute atomic E-state index is 0.343. The predicted octanol–water partition coefficient (Wildman–Crippen LogP) is 5.09. The van der Waals surface area contributed by atoms with E-state index in [9.17, 15) is 0 Å². The van der Waals surface area contributed by atoms with Crippen LogP contribution in [0.25, 0.3) is 11.4 Å². The maximum absolute atomic E-state index is 6.03. The van der Waals surface area contributed by atoms with Crippen molar-refractivity contribution in [3.63, 3.8) is 0 Å². The monoisotopic (exact) mass is 342 g/mol. The van der Waals surface area contributed by atoms with Gasteiger partial charge < -0.3 is 0 Å². The summed E-state index contributed by atoms with van der Waals surface area (Å²) < 4.78 is 0.540. The Hall–Kier alpha value is -0.640. The van der Waals surface area contributed by atoms with Gasteiger partial charge in [0, 0.05) is 5.56 Å². The molecule has 5 heteroatoms. The van der Waals surface area contributed by atoms with Crippen molar-refractivity contribution in [2.75, 3.05) is 0 Å². The van der Waals surface area contributed by atoms with Gasteiger partial charge in [-0.3, -0.25) is 0 Å². The third-order valence-electron chi connectivity index (χ3n) is 2.99. The van der Waals surface area contributed by atoms with Gasteiger partial charge in [0.25, 0.3) is 0 Å². The molecule has 0 saturated heterocycles. The lowest BCUT2D eigenvalue weighted by Crippen LogP contribution is -1.95. The zero-order valence-electron chi connectivity index (χ0n) is 9.33. The van der Waals surface area contributed by atoms with Crippen LogP contribution in [0.5, 0.6) is 0 Å². The fraction of sp³-hybridized carbons (Fsp3) is 0.231. The summed E-state index contributed by atoms with van der Waals surface area (Å²) in [6.07, 6.45) is 2.46. The molecule has 2 nitrogen and oxygen atoms in total. The molecule has 1 saturated carbocycles. The summed E-state index contributed by atoms with van der Waals surface area (Å²) in [5.74, 6) is 1.22. The maximum atomic E-state index is 6.03. The van der Waals surface area contributed by atoms with Crippen LogP contribution in [0.15, 0.2) is 28.7 Å². The molecular weight excluding hydrogens is 335 g/mol. The molecule has 0 unspecified atom stereocenters. The second kappa shape index (κ2) is 4.80. The maximum Gasteiger partial charge on any atom is 0.162 e. The van der Waals surface area contributed by atoms with E-state index in [1.165, 1.54) is 18.4 Å². The fourth-order valence-electron chi connectivity index (χ4n) is 1.97. The molecule has 0 spiro atoms. The first-order valence-electron chi connectivity index (χ1n) is 5.64. The topological polar surface area (TPSA) is 25.8 Å². The summed E-state index contributed by atoms with van der Waals surface area (Å²) in [4.78, 5) is 8.60. The van der Waals surface area contributed by atoms with E-state index in [1.807, 2.05) is 18.2 Å². The van der Waals surface area contributed by atoms with Crippen molar-refractivity contribution in [2.24, 2.45) is 0 Å².